The summed E-state index contributed by atoms with van der Waals surface area (Å²) >= 11 is 0. The van der Waals surface area contributed by atoms with Gasteiger partial charge in [-0.15, -0.1) is 6.58 Å². The summed E-state index contributed by atoms with van der Waals surface area (Å²) in [6.07, 6.45) is 23.7. The van der Waals surface area contributed by atoms with Crippen molar-refractivity contribution >= 4 is 11.8 Å². The van der Waals surface area contributed by atoms with Crippen LogP contribution in [0.5, 0.6) is 17.2 Å². The third-order valence-electron chi connectivity index (χ3n) is 15.1. The lowest BCUT2D eigenvalue weighted by Crippen LogP contribution is -2.70. The Balaban J connectivity index is 1.28. The summed E-state index contributed by atoms with van der Waals surface area (Å²) in [5.74, 6) is 0.262. The number of benzene rings is 3. The first-order valence-corrected chi connectivity index (χ1v) is 27.6. The van der Waals surface area contributed by atoms with Crippen LogP contribution in [0, 0.1) is 17.8 Å². The van der Waals surface area contributed by atoms with E-state index in [0.717, 1.165) is 97.9 Å². The van der Waals surface area contributed by atoms with Gasteiger partial charge in [-0.3, -0.25) is 4.90 Å². The first kappa shape index (κ1) is 54.1. The molecule has 2 N–H and O–H groups in total. The Kier molecular flexibility index (Phi) is 21.7. The first-order valence-electron chi connectivity index (χ1n) is 27.6. The van der Waals surface area contributed by atoms with Crippen molar-refractivity contribution in [2.45, 2.75) is 173 Å². The fraction of sp³-hybridized carbons (Fsp3) is 0.600. The summed E-state index contributed by atoms with van der Waals surface area (Å²) in [5, 5.41) is 25.1. The van der Waals surface area contributed by atoms with Crippen LogP contribution in [0.25, 0.3) is 11.1 Å². The third-order valence-corrected chi connectivity index (χ3v) is 15.1. The van der Waals surface area contributed by atoms with Crippen molar-refractivity contribution in [2.24, 2.45) is 22.9 Å². The van der Waals surface area contributed by atoms with E-state index in [1.165, 1.54) is 44.9 Å². The maximum Gasteiger partial charge on any atom is 0.410 e. The van der Waals surface area contributed by atoms with Gasteiger partial charge in [-0.25, -0.2) is 4.79 Å². The minimum Gasteiger partial charge on any atom is -0.459 e. The smallest absolute Gasteiger partial charge is 0.410 e. The third kappa shape index (κ3) is 14.3. The van der Waals surface area contributed by atoms with E-state index < -0.39 is 24.0 Å². The number of oxime groups is 1. The van der Waals surface area contributed by atoms with Gasteiger partial charge in [-0.2, -0.15) is 0 Å². The first-order chi connectivity index (χ1) is 34.9. The van der Waals surface area contributed by atoms with Gasteiger partial charge in [0.1, 0.15) is 23.3 Å². The zero-order valence-corrected chi connectivity index (χ0v) is 43.0. The summed E-state index contributed by atoms with van der Waals surface area (Å²) in [7, 11) is 0. The summed E-state index contributed by atoms with van der Waals surface area (Å²) in [5.41, 5.74) is 4.98. The van der Waals surface area contributed by atoms with Gasteiger partial charge < -0.3 is 38.7 Å². The van der Waals surface area contributed by atoms with Crippen LogP contribution in [-0.2, 0) is 19.0 Å². The van der Waals surface area contributed by atoms with Gasteiger partial charge in [0.05, 0.1) is 31.5 Å². The van der Waals surface area contributed by atoms with Crippen LogP contribution in [-0.4, -0.2) is 84.6 Å². The standard InChI is InChI=1S/C60H84N2O9/c1-4-7-8-9-10-11-12-13-14-23-41-67-59(65)62(36-5-2)55-44-53(61-71-56-29-20-24-40-66-56)51-42-47(27-18-21-37-63)50(28-19-22-38-64)57-52-43-49(34-35-54(52)70-60(55,58(51)57)68-39-6-3)69-48-32-30-46(31-33-48)45-25-16-15-17-26-45/h6,15-17,25-26,30-35,42-43,47,50,55-58,63-64H,3-5,7-14,18-24,27-29,36-41,44H2,1-2H3/t47-,50+,55-,56?,57+,58+,60+/m0/s1. The van der Waals surface area contributed by atoms with Crippen LogP contribution in [0.1, 0.15) is 160 Å². The summed E-state index contributed by atoms with van der Waals surface area (Å²) in [6.45, 7) is 10.2. The second kappa shape index (κ2) is 28.5. The van der Waals surface area contributed by atoms with Crippen LogP contribution in [0.4, 0.5) is 4.79 Å². The molecule has 3 aromatic rings. The second-order valence-corrected chi connectivity index (χ2v) is 20.2. The van der Waals surface area contributed by atoms with Crippen molar-refractivity contribution in [1.29, 1.82) is 0 Å². The average molecular weight is 977 g/mol. The number of aliphatic hydroxyl groups excluding tert-OH is 2. The van der Waals surface area contributed by atoms with E-state index in [1.807, 2.05) is 47.4 Å². The number of hydrogen-bond acceptors (Lipinski definition) is 10. The molecule has 0 radical (unpaired) electrons. The molecule has 2 heterocycles. The lowest BCUT2D eigenvalue weighted by molar-refractivity contribution is -0.255. The molecule has 0 spiro atoms. The summed E-state index contributed by atoms with van der Waals surface area (Å²) in [6, 6.07) is 23.9. The highest BCUT2D eigenvalue weighted by Gasteiger charge is 2.65. The lowest BCUT2D eigenvalue weighted by atomic mass is 9.55. The van der Waals surface area contributed by atoms with Crippen LogP contribution in [0.2, 0.25) is 0 Å². The topological polar surface area (TPSA) is 129 Å². The average Bonchev–Trinajstić information content (AvgIpc) is 3.40. The molecule has 11 heteroatoms. The quantitative estimate of drug-likeness (QED) is 0.0381. The molecule has 388 valence electrons. The number of rotatable bonds is 30. The molecule has 7 atom stereocenters. The van der Waals surface area contributed by atoms with E-state index in [0.29, 0.717) is 56.9 Å². The van der Waals surface area contributed by atoms with Crippen LogP contribution < -0.4 is 9.47 Å². The molecular weight excluding hydrogens is 893 g/mol. The van der Waals surface area contributed by atoms with Gasteiger partial charge >= 0.3 is 6.09 Å². The van der Waals surface area contributed by atoms with Crippen molar-refractivity contribution < 1.29 is 43.5 Å². The highest BCUT2D eigenvalue weighted by atomic mass is 16.8. The number of carbonyl (C=O) groups excluding carboxylic acids is 1. The Bertz CT molecular complexity index is 2120. The number of hydrogen-bond donors (Lipinski definition) is 2. The van der Waals surface area contributed by atoms with Crippen LogP contribution >= 0.6 is 0 Å². The van der Waals surface area contributed by atoms with E-state index in [-0.39, 0.29) is 43.7 Å². The minimum absolute atomic E-state index is 0.0780. The van der Waals surface area contributed by atoms with Gasteiger partial charge in [0.15, 0.2) is 0 Å². The van der Waals surface area contributed by atoms with Gasteiger partial charge in [-0.05, 0) is 110 Å². The monoisotopic (exact) mass is 977 g/mol. The molecule has 71 heavy (non-hydrogen) atoms. The highest BCUT2D eigenvalue weighted by molar-refractivity contribution is 6.03. The van der Waals surface area contributed by atoms with Gasteiger partial charge in [0.2, 0.25) is 12.1 Å². The predicted octanol–water partition coefficient (Wildman–Crippen LogP) is 14.1. The van der Waals surface area contributed by atoms with E-state index in [4.69, 9.17) is 33.7 Å². The predicted molar refractivity (Wildman–Crippen MR) is 282 cm³/mol. The number of nitrogens with zero attached hydrogens (tertiary/aromatic N) is 2. The second-order valence-electron chi connectivity index (χ2n) is 20.2. The zero-order valence-electron chi connectivity index (χ0n) is 43.0. The van der Waals surface area contributed by atoms with Gasteiger partial charge in [0, 0.05) is 44.1 Å². The van der Waals surface area contributed by atoms with Crippen LogP contribution in [0.15, 0.2) is 102 Å². The van der Waals surface area contributed by atoms with Crippen molar-refractivity contribution in [2.75, 3.05) is 39.6 Å². The molecule has 4 aliphatic rings. The van der Waals surface area contributed by atoms with E-state index in [2.05, 4.69) is 56.8 Å². The number of unbranched alkanes of at least 4 members (excludes halogenated alkanes) is 11. The van der Waals surface area contributed by atoms with Crippen LogP contribution in [0.3, 0.4) is 0 Å². The molecule has 1 amide bonds. The molecule has 2 aliphatic carbocycles. The molecule has 1 saturated heterocycles. The number of carbonyl (C=O) groups is 1. The molecule has 3 aromatic carbocycles. The fourth-order valence-electron chi connectivity index (χ4n) is 11.6. The van der Waals surface area contributed by atoms with Gasteiger partial charge in [-0.1, -0.05) is 144 Å². The van der Waals surface area contributed by atoms with E-state index in [1.54, 1.807) is 6.08 Å². The molecule has 1 unspecified atom stereocenters. The van der Waals surface area contributed by atoms with Gasteiger partial charge in [0.25, 0.3) is 0 Å². The number of ether oxygens (including phenoxy) is 5. The molecule has 0 bridgehead atoms. The van der Waals surface area contributed by atoms with Crippen molar-refractivity contribution in [3.05, 3.63) is 103 Å². The number of amides is 1. The maximum atomic E-state index is 14.8. The molecule has 2 fully saturated rings. The zero-order chi connectivity index (χ0) is 49.7. The van der Waals surface area contributed by atoms with E-state index >= 15 is 0 Å². The Morgan fingerprint density at radius 1 is 0.817 bits per heavy atom. The lowest BCUT2D eigenvalue weighted by Gasteiger charge is -2.60. The number of aliphatic hydroxyl groups is 2. The van der Waals surface area contributed by atoms with Crippen molar-refractivity contribution in [3.8, 4) is 28.4 Å². The summed E-state index contributed by atoms with van der Waals surface area (Å²) in [4.78, 5) is 22.9. The van der Waals surface area contributed by atoms with Crippen molar-refractivity contribution in [3.63, 3.8) is 0 Å². The molecule has 2 aliphatic heterocycles. The van der Waals surface area contributed by atoms with Crippen molar-refractivity contribution in [1.82, 2.24) is 4.90 Å². The normalized spacial score (nSPS) is 24.0. The molecular formula is C60H84N2O9. The molecule has 11 nitrogen and oxygen atoms in total. The Hall–Kier alpha value is -4.68. The number of allylic oxidation sites excluding steroid dienone is 1. The number of fused-ring (bicyclic) bond motifs is 2. The Morgan fingerprint density at radius 3 is 2.21 bits per heavy atom. The minimum atomic E-state index is -1.37. The highest BCUT2D eigenvalue weighted by Crippen LogP contribution is 2.62. The summed E-state index contributed by atoms with van der Waals surface area (Å²) < 4.78 is 33.6. The molecule has 1 saturated carbocycles. The molecule has 7 rings (SSSR count). The Labute approximate surface area is 425 Å². The fourth-order valence-corrected chi connectivity index (χ4v) is 11.6. The Morgan fingerprint density at radius 2 is 1.52 bits per heavy atom. The van der Waals surface area contributed by atoms with E-state index in [9.17, 15) is 15.0 Å². The SMILES string of the molecule is C=CCO[C@@]12Oc3ccc(Oc4ccc(-c5ccccc5)cc4)cc3[C@H]3[C@H](CCCCO)[C@@H](CCCCO)C=C(C(=NOC4CCCCO4)C[C@@H]1N(CCC)C(=O)OCCCCCCCCCCCC)[C@H]32. The molecule has 0 aromatic heterocycles. The maximum absolute atomic E-state index is 14.8. The largest absolute Gasteiger partial charge is 0.459 e.